The summed E-state index contributed by atoms with van der Waals surface area (Å²) in [6.45, 7) is 2.09. The number of hydrogen-bond acceptors (Lipinski definition) is 6. The van der Waals surface area contributed by atoms with Crippen LogP contribution in [0.15, 0.2) is 65.7 Å². The first-order valence-corrected chi connectivity index (χ1v) is 14.4. The summed E-state index contributed by atoms with van der Waals surface area (Å²) in [5.74, 6) is 0.158. The van der Waals surface area contributed by atoms with Crippen molar-refractivity contribution in [2.24, 2.45) is 0 Å². The average Bonchev–Trinajstić information content (AvgIpc) is 2.94. The highest BCUT2D eigenvalue weighted by Gasteiger charge is 2.21. The van der Waals surface area contributed by atoms with Gasteiger partial charge in [0.05, 0.1) is 10.5 Å². The molecule has 3 aromatic carbocycles. The third-order valence-corrected chi connectivity index (χ3v) is 8.76. The van der Waals surface area contributed by atoms with Crippen LogP contribution in [0.5, 0.6) is 0 Å². The SMILES string of the molecule is CCc1cc(-c2ccc(N[S+]([O-])c3ccccc3Cl)c(F)c2)cc2cnc(N[C@H]3CC[C@H](NC)CC3)nc12. The molecular weight excluding hydrogens is 521 g/mol. The van der Waals surface area contributed by atoms with Crippen molar-refractivity contribution in [2.45, 2.75) is 56.0 Å². The van der Waals surface area contributed by atoms with Crippen LogP contribution in [0.4, 0.5) is 16.0 Å². The van der Waals surface area contributed by atoms with E-state index in [1.54, 1.807) is 30.3 Å². The largest absolute Gasteiger partial charge is 0.588 e. The molecule has 1 heterocycles. The van der Waals surface area contributed by atoms with Gasteiger partial charge in [0.2, 0.25) is 5.95 Å². The van der Waals surface area contributed by atoms with Gasteiger partial charge in [-0.1, -0.05) is 36.7 Å². The lowest BCUT2D eigenvalue weighted by molar-refractivity contribution is 0.370. The Kier molecular flexibility index (Phi) is 8.33. The zero-order valence-electron chi connectivity index (χ0n) is 21.4. The van der Waals surface area contributed by atoms with Gasteiger partial charge >= 0.3 is 0 Å². The summed E-state index contributed by atoms with van der Waals surface area (Å²) in [6.07, 6.45) is 7.10. The highest BCUT2D eigenvalue weighted by atomic mass is 35.5. The Balaban J connectivity index is 1.36. The molecule has 1 aliphatic rings. The maximum Gasteiger partial charge on any atom is 0.223 e. The monoisotopic (exact) mass is 551 g/mol. The van der Waals surface area contributed by atoms with Crippen LogP contribution in [0.1, 0.15) is 38.2 Å². The Morgan fingerprint density at radius 2 is 1.79 bits per heavy atom. The molecule has 0 bridgehead atoms. The molecule has 0 radical (unpaired) electrons. The summed E-state index contributed by atoms with van der Waals surface area (Å²) in [5.41, 5.74) is 3.72. The minimum atomic E-state index is -1.69. The number of benzene rings is 3. The van der Waals surface area contributed by atoms with Gasteiger partial charge < -0.3 is 15.2 Å². The maximum atomic E-state index is 15.1. The van der Waals surface area contributed by atoms with Gasteiger partial charge in [-0.25, -0.2) is 19.1 Å². The van der Waals surface area contributed by atoms with Crippen molar-refractivity contribution in [2.75, 3.05) is 17.1 Å². The van der Waals surface area contributed by atoms with Gasteiger partial charge in [-0.2, -0.15) is 0 Å². The highest BCUT2D eigenvalue weighted by Crippen LogP contribution is 2.31. The molecule has 0 aliphatic heterocycles. The van der Waals surface area contributed by atoms with E-state index in [9.17, 15) is 4.55 Å². The topological polar surface area (TPSA) is 84.9 Å². The second-order valence-electron chi connectivity index (χ2n) is 9.60. The molecule has 38 heavy (non-hydrogen) atoms. The number of anilines is 2. The summed E-state index contributed by atoms with van der Waals surface area (Å²) >= 11 is 4.45. The first kappa shape index (κ1) is 26.7. The van der Waals surface area contributed by atoms with Crippen LogP contribution in [0.2, 0.25) is 5.02 Å². The van der Waals surface area contributed by atoms with Crippen molar-refractivity contribution in [3.63, 3.8) is 0 Å². The van der Waals surface area contributed by atoms with Crippen LogP contribution >= 0.6 is 11.6 Å². The minimum absolute atomic E-state index is 0.145. The molecule has 1 fully saturated rings. The maximum absolute atomic E-state index is 15.1. The molecule has 9 heteroatoms. The second-order valence-corrected chi connectivity index (χ2v) is 11.2. The fraction of sp³-hybridized carbons (Fsp3) is 0.310. The molecule has 198 valence electrons. The highest BCUT2D eigenvalue weighted by molar-refractivity contribution is 7.92. The Bertz CT molecular complexity index is 1430. The molecular formula is C29H31ClFN5OS. The molecule has 1 aromatic heterocycles. The van der Waals surface area contributed by atoms with E-state index < -0.39 is 17.2 Å². The second kappa shape index (κ2) is 11.9. The average molecular weight is 552 g/mol. The Morgan fingerprint density at radius 3 is 2.50 bits per heavy atom. The van der Waals surface area contributed by atoms with Crippen LogP contribution < -0.4 is 15.4 Å². The predicted octanol–water partition coefficient (Wildman–Crippen LogP) is 6.73. The molecule has 0 amide bonds. The van der Waals surface area contributed by atoms with Crippen LogP contribution in [-0.4, -0.2) is 33.7 Å². The molecule has 1 unspecified atom stereocenters. The molecule has 6 nitrogen and oxygen atoms in total. The number of aromatic nitrogens is 2. The molecule has 1 aliphatic carbocycles. The lowest BCUT2D eigenvalue weighted by Gasteiger charge is -2.28. The van der Waals surface area contributed by atoms with E-state index in [1.807, 2.05) is 25.4 Å². The molecule has 0 spiro atoms. The van der Waals surface area contributed by atoms with Crippen LogP contribution in [0, 0.1) is 5.82 Å². The van der Waals surface area contributed by atoms with Gasteiger partial charge in [-0.15, -0.1) is 0 Å². The third-order valence-electron chi connectivity index (χ3n) is 7.15. The van der Waals surface area contributed by atoms with E-state index in [0.717, 1.165) is 59.7 Å². The van der Waals surface area contributed by atoms with E-state index in [0.29, 0.717) is 28.0 Å². The number of hydrogen-bond donors (Lipinski definition) is 3. The Morgan fingerprint density at radius 1 is 1.03 bits per heavy atom. The van der Waals surface area contributed by atoms with Crippen molar-refractivity contribution < 1.29 is 8.94 Å². The van der Waals surface area contributed by atoms with E-state index in [4.69, 9.17) is 16.6 Å². The molecule has 1 saturated carbocycles. The minimum Gasteiger partial charge on any atom is -0.588 e. The smallest absolute Gasteiger partial charge is 0.223 e. The summed E-state index contributed by atoms with van der Waals surface area (Å²) in [5, 5.41) is 8.16. The van der Waals surface area contributed by atoms with Crippen molar-refractivity contribution in [1.82, 2.24) is 15.3 Å². The quantitative estimate of drug-likeness (QED) is 0.211. The van der Waals surface area contributed by atoms with Crippen LogP contribution in [0.3, 0.4) is 0 Å². The van der Waals surface area contributed by atoms with Gasteiger partial charge in [0.1, 0.15) is 17.0 Å². The number of nitrogens with zero attached hydrogens (tertiary/aromatic N) is 2. The lowest BCUT2D eigenvalue weighted by Crippen LogP contribution is -2.35. The zero-order chi connectivity index (χ0) is 26.6. The first-order chi connectivity index (χ1) is 18.4. The van der Waals surface area contributed by atoms with Crippen molar-refractivity contribution in [3.05, 3.63) is 77.2 Å². The molecule has 1 atom stereocenters. The molecule has 5 rings (SSSR count). The van der Waals surface area contributed by atoms with Crippen LogP contribution in [0.25, 0.3) is 22.0 Å². The first-order valence-electron chi connectivity index (χ1n) is 12.9. The van der Waals surface area contributed by atoms with E-state index >= 15 is 4.39 Å². The van der Waals surface area contributed by atoms with E-state index in [1.165, 1.54) is 6.07 Å². The van der Waals surface area contributed by atoms with Gasteiger partial charge in [0.15, 0.2) is 10.7 Å². The number of nitrogens with one attached hydrogen (secondary N) is 3. The fourth-order valence-electron chi connectivity index (χ4n) is 4.96. The number of aryl methyl sites for hydroxylation is 1. The summed E-state index contributed by atoms with van der Waals surface area (Å²) in [4.78, 5) is 9.83. The van der Waals surface area contributed by atoms with Gasteiger partial charge in [0, 0.05) is 23.7 Å². The Hall–Kier alpha value is -2.91. The van der Waals surface area contributed by atoms with E-state index in [2.05, 4.69) is 33.3 Å². The van der Waals surface area contributed by atoms with Crippen LogP contribution in [-0.2, 0) is 17.8 Å². The van der Waals surface area contributed by atoms with Gasteiger partial charge in [-0.05, 0) is 92.2 Å². The normalized spacial score (nSPS) is 18.3. The van der Waals surface area contributed by atoms with Crippen molar-refractivity contribution >= 4 is 45.5 Å². The van der Waals surface area contributed by atoms with Gasteiger partial charge in [0.25, 0.3) is 0 Å². The number of fused-ring (bicyclic) bond motifs is 1. The molecule has 4 aromatic rings. The lowest BCUT2D eigenvalue weighted by atomic mass is 9.91. The summed E-state index contributed by atoms with van der Waals surface area (Å²) in [6, 6.07) is 16.7. The fourth-order valence-corrected chi connectivity index (χ4v) is 6.23. The summed E-state index contributed by atoms with van der Waals surface area (Å²) < 4.78 is 30.5. The van der Waals surface area contributed by atoms with E-state index in [-0.39, 0.29) is 5.69 Å². The van der Waals surface area contributed by atoms with Crippen molar-refractivity contribution in [1.29, 1.82) is 0 Å². The number of halogens is 2. The molecule has 0 saturated heterocycles. The zero-order valence-corrected chi connectivity index (χ0v) is 23.0. The van der Waals surface area contributed by atoms with Crippen molar-refractivity contribution in [3.8, 4) is 11.1 Å². The predicted molar refractivity (Wildman–Crippen MR) is 155 cm³/mol. The third kappa shape index (κ3) is 5.89. The standard InChI is InChI=1S/C29H31ClFN5OS/c1-3-18-14-20(15-21-17-33-29(35-28(18)21)34-23-11-9-22(32-2)10-12-23)19-8-13-26(25(31)16-19)36-38(37)27-7-5-4-6-24(27)30/h4-8,13-17,22-23,32,36H,3,9-12H2,1-2H3,(H,33,34,35)/t22-,23-,38?. The molecule has 3 N–H and O–H groups in total. The van der Waals surface area contributed by atoms with Gasteiger partial charge in [-0.3, -0.25) is 0 Å². The summed E-state index contributed by atoms with van der Waals surface area (Å²) in [7, 11) is 2.02. The Labute approximate surface area is 230 Å². The number of rotatable bonds is 8.